The summed E-state index contributed by atoms with van der Waals surface area (Å²) >= 11 is 1.64. The van der Waals surface area contributed by atoms with Crippen molar-refractivity contribution in [2.45, 2.75) is 20.3 Å². The van der Waals surface area contributed by atoms with Gasteiger partial charge in [-0.15, -0.1) is 11.3 Å². The number of carbonyl (C=O) groups is 2. The number of benzene rings is 2. The molecule has 0 fully saturated rings. The number of aryl methyl sites for hydroxylation is 1. The van der Waals surface area contributed by atoms with Gasteiger partial charge in [-0.25, -0.2) is 4.98 Å². The van der Waals surface area contributed by atoms with E-state index in [1.54, 1.807) is 40.8 Å². The second-order valence-corrected chi connectivity index (χ2v) is 8.54. The number of aromatic nitrogens is 2. The number of rotatable bonds is 6. The number of nitrogens with one attached hydrogen (secondary N) is 1. The molecular formula is C25H24N4O2S. The zero-order chi connectivity index (χ0) is 22.5. The van der Waals surface area contributed by atoms with Crippen LogP contribution in [0.5, 0.6) is 0 Å². The summed E-state index contributed by atoms with van der Waals surface area (Å²) in [6.07, 6.45) is 4.12. The van der Waals surface area contributed by atoms with E-state index in [-0.39, 0.29) is 0 Å². The first kappa shape index (κ1) is 21.6. The van der Waals surface area contributed by atoms with Gasteiger partial charge in [0.15, 0.2) is 0 Å². The zero-order valence-electron chi connectivity index (χ0n) is 18.0. The topological polar surface area (TPSA) is 75.2 Å². The third-order valence-corrected chi connectivity index (χ3v) is 6.28. The summed E-state index contributed by atoms with van der Waals surface area (Å²) < 4.78 is 1.15. The van der Waals surface area contributed by atoms with Crippen LogP contribution in [-0.4, -0.2) is 39.8 Å². The fourth-order valence-corrected chi connectivity index (χ4v) is 4.47. The first-order chi connectivity index (χ1) is 15.5. The van der Waals surface area contributed by atoms with Crippen LogP contribution in [-0.2, 0) is 16.0 Å². The number of hydrogen-bond donors (Lipinski definition) is 1. The molecule has 2 amide bonds. The van der Waals surface area contributed by atoms with Crippen molar-refractivity contribution in [3.63, 3.8) is 0 Å². The van der Waals surface area contributed by atoms with Crippen molar-refractivity contribution >= 4 is 39.1 Å². The Labute approximate surface area is 190 Å². The highest BCUT2D eigenvalue weighted by atomic mass is 32.1. The number of anilines is 1. The van der Waals surface area contributed by atoms with Gasteiger partial charge >= 0.3 is 11.8 Å². The quantitative estimate of drug-likeness (QED) is 0.438. The highest BCUT2D eigenvalue weighted by molar-refractivity contribution is 7.21. The van der Waals surface area contributed by atoms with Crippen LogP contribution in [0.1, 0.15) is 18.1 Å². The predicted octanol–water partition coefficient (Wildman–Crippen LogP) is 4.70. The molecule has 6 nitrogen and oxygen atoms in total. The monoisotopic (exact) mass is 444 g/mol. The normalized spacial score (nSPS) is 10.8. The molecule has 0 aliphatic heterocycles. The van der Waals surface area contributed by atoms with E-state index in [1.165, 1.54) is 5.56 Å². The van der Waals surface area contributed by atoms with Crippen LogP contribution in [0.4, 0.5) is 5.69 Å². The Bertz CT molecular complexity index is 1240. The lowest BCUT2D eigenvalue weighted by molar-refractivity contribution is -0.143. The minimum atomic E-state index is -0.634. The van der Waals surface area contributed by atoms with E-state index in [0.717, 1.165) is 26.4 Å². The van der Waals surface area contributed by atoms with Gasteiger partial charge < -0.3 is 10.2 Å². The van der Waals surface area contributed by atoms with Crippen LogP contribution < -0.4 is 5.32 Å². The number of thiazole rings is 1. The standard InChI is InChI=1S/C25H24N4O2S/c1-3-29(15-12-18-10-13-26-14-11-18)25(31)23(30)27-20-7-5-19(6-8-20)24-28-21-9-4-17(2)16-22(21)32-24/h4-11,13-14,16H,3,12,15H2,1-2H3,(H,27,30). The van der Waals surface area contributed by atoms with E-state index in [2.05, 4.69) is 34.3 Å². The van der Waals surface area contributed by atoms with Crippen LogP contribution in [0.2, 0.25) is 0 Å². The lowest BCUT2D eigenvalue weighted by Gasteiger charge is -2.20. The molecule has 0 atom stereocenters. The van der Waals surface area contributed by atoms with E-state index in [0.29, 0.717) is 25.2 Å². The molecule has 32 heavy (non-hydrogen) atoms. The van der Waals surface area contributed by atoms with Crippen molar-refractivity contribution in [3.05, 3.63) is 78.1 Å². The van der Waals surface area contributed by atoms with Crippen LogP contribution in [0.3, 0.4) is 0 Å². The van der Waals surface area contributed by atoms with Crippen LogP contribution in [0.25, 0.3) is 20.8 Å². The van der Waals surface area contributed by atoms with Crippen molar-refractivity contribution in [2.24, 2.45) is 0 Å². The fourth-order valence-electron chi connectivity index (χ4n) is 3.40. The van der Waals surface area contributed by atoms with E-state index < -0.39 is 11.8 Å². The second-order valence-electron chi connectivity index (χ2n) is 7.51. The third-order valence-electron chi connectivity index (χ3n) is 5.22. The molecule has 4 aromatic rings. The van der Waals surface area contributed by atoms with Crippen molar-refractivity contribution in [2.75, 3.05) is 18.4 Å². The van der Waals surface area contributed by atoms with E-state index in [4.69, 9.17) is 0 Å². The first-order valence-corrected chi connectivity index (χ1v) is 11.3. The summed E-state index contributed by atoms with van der Waals surface area (Å²) in [6, 6.07) is 17.4. The largest absolute Gasteiger partial charge is 0.334 e. The SMILES string of the molecule is CCN(CCc1ccncc1)C(=O)C(=O)Nc1ccc(-c2nc3ccc(C)cc3s2)cc1. The fraction of sp³-hybridized carbons (Fsp3) is 0.200. The van der Waals surface area contributed by atoms with Crippen molar-refractivity contribution in [1.29, 1.82) is 0 Å². The smallest absolute Gasteiger partial charge is 0.313 e. The maximum absolute atomic E-state index is 12.6. The summed E-state index contributed by atoms with van der Waals surface area (Å²) in [7, 11) is 0. The summed E-state index contributed by atoms with van der Waals surface area (Å²) in [5.41, 5.74) is 4.81. The maximum Gasteiger partial charge on any atom is 0.313 e. The number of carbonyl (C=O) groups excluding carboxylic acids is 2. The predicted molar refractivity (Wildman–Crippen MR) is 129 cm³/mol. The van der Waals surface area contributed by atoms with Crippen LogP contribution in [0.15, 0.2) is 67.0 Å². The van der Waals surface area contributed by atoms with Crippen LogP contribution >= 0.6 is 11.3 Å². The molecule has 0 radical (unpaired) electrons. The van der Waals surface area contributed by atoms with E-state index in [1.807, 2.05) is 37.3 Å². The molecule has 0 saturated carbocycles. The molecule has 2 heterocycles. The Morgan fingerprint density at radius 1 is 1.03 bits per heavy atom. The molecule has 162 valence electrons. The lowest BCUT2D eigenvalue weighted by Crippen LogP contribution is -2.40. The molecule has 0 unspecified atom stereocenters. The lowest BCUT2D eigenvalue weighted by atomic mass is 10.2. The van der Waals surface area contributed by atoms with Crippen molar-refractivity contribution in [1.82, 2.24) is 14.9 Å². The minimum Gasteiger partial charge on any atom is -0.334 e. The van der Waals surface area contributed by atoms with Crippen molar-refractivity contribution in [3.8, 4) is 10.6 Å². The number of amides is 2. The number of fused-ring (bicyclic) bond motifs is 1. The molecule has 0 saturated heterocycles. The molecule has 4 rings (SSSR count). The number of likely N-dealkylation sites (N-methyl/N-ethyl adjacent to an activating group) is 1. The minimum absolute atomic E-state index is 0.466. The van der Waals surface area contributed by atoms with Gasteiger partial charge in [0, 0.05) is 36.7 Å². The number of nitrogens with zero attached hydrogens (tertiary/aromatic N) is 3. The molecular weight excluding hydrogens is 420 g/mol. The molecule has 7 heteroatoms. The molecule has 0 aliphatic carbocycles. The van der Waals surface area contributed by atoms with E-state index >= 15 is 0 Å². The first-order valence-electron chi connectivity index (χ1n) is 10.5. The van der Waals surface area contributed by atoms with Gasteiger partial charge in [0.1, 0.15) is 5.01 Å². The summed E-state index contributed by atoms with van der Waals surface area (Å²) in [5, 5.41) is 3.63. The Kier molecular flexibility index (Phi) is 6.56. The Balaban J connectivity index is 1.39. The number of hydrogen-bond acceptors (Lipinski definition) is 5. The van der Waals surface area contributed by atoms with Gasteiger partial charge in [-0.3, -0.25) is 14.6 Å². The van der Waals surface area contributed by atoms with Crippen molar-refractivity contribution < 1.29 is 9.59 Å². The Hall–Kier alpha value is -3.58. The summed E-state index contributed by atoms with van der Waals surface area (Å²) in [4.78, 5) is 35.3. The Morgan fingerprint density at radius 3 is 2.50 bits per heavy atom. The van der Waals surface area contributed by atoms with Gasteiger partial charge in [0.2, 0.25) is 0 Å². The van der Waals surface area contributed by atoms with E-state index in [9.17, 15) is 9.59 Å². The third kappa shape index (κ3) is 5.00. The zero-order valence-corrected chi connectivity index (χ0v) is 18.9. The maximum atomic E-state index is 12.6. The summed E-state index contributed by atoms with van der Waals surface area (Å²) in [5.74, 6) is -1.17. The number of pyridine rings is 1. The molecule has 0 bridgehead atoms. The average molecular weight is 445 g/mol. The molecule has 2 aromatic carbocycles. The van der Waals surface area contributed by atoms with Gasteiger partial charge in [-0.2, -0.15) is 0 Å². The molecule has 1 N–H and O–H groups in total. The Morgan fingerprint density at radius 2 is 1.78 bits per heavy atom. The van der Waals surface area contributed by atoms with Crippen LogP contribution in [0, 0.1) is 6.92 Å². The highest BCUT2D eigenvalue weighted by Gasteiger charge is 2.20. The molecule has 0 aliphatic rings. The van der Waals surface area contributed by atoms with Gasteiger partial charge in [0.05, 0.1) is 10.2 Å². The summed E-state index contributed by atoms with van der Waals surface area (Å²) in [6.45, 7) is 4.87. The van der Waals surface area contributed by atoms with Gasteiger partial charge in [0.25, 0.3) is 0 Å². The molecule has 2 aromatic heterocycles. The van der Waals surface area contributed by atoms with Gasteiger partial charge in [-0.05, 0) is 79.9 Å². The molecule has 0 spiro atoms. The van der Waals surface area contributed by atoms with Gasteiger partial charge in [-0.1, -0.05) is 6.07 Å². The average Bonchev–Trinajstić information content (AvgIpc) is 3.23. The highest BCUT2D eigenvalue weighted by Crippen LogP contribution is 2.31. The second kappa shape index (κ2) is 9.70.